The zero-order chi connectivity index (χ0) is 19.6. The second kappa shape index (κ2) is 7.81. The molecule has 1 aliphatic carbocycles. The second-order valence-electron chi connectivity index (χ2n) is 7.59. The summed E-state index contributed by atoms with van der Waals surface area (Å²) in [6, 6.07) is 24.5. The predicted octanol–water partition coefficient (Wildman–Crippen LogP) is 6.45. The Morgan fingerprint density at radius 3 is 2.50 bits per heavy atom. The molecule has 0 N–H and O–H groups in total. The van der Waals surface area contributed by atoms with E-state index in [2.05, 4.69) is 93.2 Å². The summed E-state index contributed by atoms with van der Waals surface area (Å²) >= 11 is 0. The molecule has 0 spiro atoms. The molecule has 0 aromatic heterocycles. The molecule has 1 aliphatic rings. The van der Waals surface area contributed by atoms with Gasteiger partial charge in [-0.15, -0.1) is 0 Å². The highest BCUT2D eigenvalue weighted by atomic mass is 28.3. The molecule has 3 aromatic rings. The fourth-order valence-electron chi connectivity index (χ4n) is 4.90. The first-order valence-electron chi connectivity index (χ1n) is 10.3. The Kier molecular flexibility index (Phi) is 5.23. The van der Waals surface area contributed by atoms with Crippen LogP contribution in [0.25, 0.3) is 16.8 Å². The van der Waals surface area contributed by atoms with Crippen molar-refractivity contribution in [3.63, 3.8) is 0 Å². The molecule has 28 heavy (non-hydrogen) atoms. The van der Waals surface area contributed by atoms with Crippen molar-refractivity contribution in [2.24, 2.45) is 0 Å². The molecular formula is C26H28OSi. The Morgan fingerprint density at radius 2 is 1.71 bits per heavy atom. The molecule has 1 nitrogen and oxygen atoms in total. The maximum Gasteiger partial charge on any atom is 0.126 e. The van der Waals surface area contributed by atoms with E-state index in [4.69, 9.17) is 4.74 Å². The highest BCUT2D eigenvalue weighted by Crippen LogP contribution is 2.42. The van der Waals surface area contributed by atoms with Crippen molar-refractivity contribution >= 4 is 30.1 Å². The Hall–Kier alpha value is -2.58. The van der Waals surface area contributed by atoms with Gasteiger partial charge in [0.15, 0.2) is 0 Å². The van der Waals surface area contributed by atoms with Crippen LogP contribution in [0.4, 0.5) is 0 Å². The first kappa shape index (κ1) is 18.8. The van der Waals surface area contributed by atoms with Gasteiger partial charge in [-0.3, -0.25) is 0 Å². The molecule has 0 heterocycles. The summed E-state index contributed by atoms with van der Waals surface area (Å²) in [6.45, 7) is 9.15. The third-order valence-corrected chi connectivity index (χ3v) is 12.1. The van der Waals surface area contributed by atoms with Crippen LogP contribution in [-0.4, -0.2) is 14.7 Å². The maximum atomic E-state index is 6.35. The van der Waals surface area contributed by atoms with E-state index < -0.39 is 8.07 Å². The van der Waals surface area contributed by atoms with Gasteiger partial charge in [0.1, 0.15) is 20.4 Å². The van der Waals surface area contributed by atoms with E-state index in [-0.39, 0.29) is 0 Å². The monoisotopic (exact) mass is 384 g/mol. The van der Waals surface area contributed by atoms with Gasteiger partial charge in [0.05, 0.1) is 0 Å². The van der Waals surface area contributed by atoms with Gasteiger partial charge in [-0.1, -0.05) is 111 Å². The zero-order valence-electron chi connectivity index (χ0n) is 16.8. The minimum atomic E-state index is -1.90. The van der Waals surface area contributed by atoms with Crippen LogP contribution in [0.2, 0.25) is 12.1 Å². The van der Waals surface area contributed by atoms with E-state index in [1.54, 1.807) is 0 Å². The lowest BCUT2D eigenvalue weighted by atomic mass is 10.1. The van der Waals surface area contributed by atoms with E-state index in [1.807, 2.05) is 6.08 Å². The van der Waals surface area contributed by atoms with E-state index in [9.17, 15) is 0 Å². The van der Waals surface area contributed by atoms with Crippen molar-refractivity contribution in [3.8, 4) is 5.75 Å². The van der Waals surface area contributed by atoms with Gasteiger partial charge in [0.2, 0.25) is 0 Å². The maximum absolute atomic E-state index is 6.35. The summed E-state index contributed by atoms with van der Waals surface area (Å²) in [5, 5.41) is 3.91. The molecule has 0 saturated carbocycles. The smallest absolute Gasteiger partial charge is 0.126 e. The molecule has 0 fully saturated rings. The van der Waals surface area contributed by atoms with Crippen LogP contribution in [0, 0.1) is 0 Å². The van der Waals surface area contributed by atoms with E-state index >= 15 is 0 Å². The second-order valence-corrected chi connectivity index (χ2v) is 12.5. The fourth-order valence-corrected chi connectivity index (χ4v) is 9.78. The first-order valence-corrected chi connectivity index (χ1v) is 12.8. The Labute approximate surface area is 169 Å². The normalized spacial score (nSPS) is 15.6. The fraction of sp³-hybridized carbons (Fsp3) is 0.231. The molecule has 1 unspecified atom stereocenters. The van der Waals surface area contributed by atoms with Crippen molar-refractivity contribution in [2.75, 3.05) is 6.61 Å². The number of hydrogen-bond acceptors (Lipinski definition) is 1. The molecule has 142 valence electrons. The molecular weight excluding hydrogens is 356 g/mol. The summed E-state index contributed by atoms with van der Waals surface area (Å²) in [6.07, 6.45) is 6.62. The summed E-state index contributed by atoms with van der Waals surface area (Å²) < 4.78 is 6.35. The van der Waals surface area contributed by atoms with Crippen molar-refractivity contribution in [2.45, 2.75) is 31.5 Å². The average molecular weight is 385 g/mol. The van der Waals surface area contributed by atoms with Gasteiger partial charge in [-0.25, -0.2) is 0 Å². The Balaban J connectivity index is 1.95. The predicted molar refractivity (Wildman–Crippen MR) is 124 cm³/mol. The summed E-state index contributed by atoms with van der Waals surface area (Å²) in [5.41, 5.74) is 3.35. The van der Waals surface area contributed by atoms with E-state index in [1.165, 1.54) is 39.2 Å². The number of allylic oxidation sites excluding steroid dienone is 1. The third kappa shape index (κ3) is 2.93. The van der Waals surface area contributed by atoms with E-state index in [0.717, 1.165) is 5.75 Å². The van der Waals surface area contributed by atoms with Gasteiger partial charge in [0, 0.05) is 10.9 Å². The lowest BCUT2D eigenvalue weighted by Crippen LogP contribution is -2.52. The van der Waals surface area contributed by atoms with Crippen LogP contribution in [-0.2, 0) is 0 Å². The van der Waals surface area contributed by atoms with Crippen LogP contribution in [0.3, 0.4) is 0 Å². The van der Waals surface area contributed by atoms with Gasteiger partial charge in [-0.2, -0.15) is 0 Å². The average Bonchev–Trinajstić information content (AvgIpc) is 3.19. The molecule has 1 atom stereocenters. The van der Waals surface area contributed by atoms with Crippen molar-refractivity contribution < 1.29 is 4.74 Å². The lowest BCUT2D eigenvalue weighted by Gasteiger charge is -2.37. The summed E-state index contributed by atoms with van der Waals surface area (Å²) in [4.78, 5) is 0. The molecule has 4 rings (SSSR count). The van der Waals surface area contributed by atoms with E-state index in [0.29, 0.717) is 12.1 Å². The standard InChI is InChI=1S/C26H28OSi/c1-4-19-27-26-23-14-10-8-12-21(23)16-18-25(26)28(5-2,6-3)24-17-15-20-11-7-9-13-22(20)24/h4,7-18,24H,1,5-6,19H2,2-3H3. The van der Waals surface area contributed by atoms with Gasteiger partial charge >= 0.3 is 0 Å². The van der Waals surface area contributed by atoms with Crippen molar-refractivity contribution in [3.05, 3.63) is 90.5 Å². The van der Waals surface area contributed by atoms with Crippen LogP contribution < -0.4 is 9.92 Å². The molecule has 0 saturated heterocycles. The Bertz CT molecular complexity index is 1030. The van der Waals surface area contributed by atoms with Crippen LogP contribution >= 0.6 is 0 Å². The largest absolute Gasteiger partial charge is 0.489 e. The molecule has 3 aromatic carbocycles. The molecule has 0 amide bonds. The number of rotatable bonds is 7. The van der Waals surface area contributed by atoms with Crippen LogP contribution in [0.15, 0.2) is 79.4 Å². The Morgan fingerprint density at radius 1 is 0.964 bits per heavy atom. The third-order valence-electron chi connectivity index (χ3n) is 6.42. The molecule has 2 heteroatoms. The minimum Gasteiger partial charge on any atom is -0.489 e. The van der Waals surface area contributed by atoms with Gasteiger partial charge in [-0.05, 0) is 21.7 Å². The van der Waals surface area contributed by atoms with Gasteiger partial charge in [0.25, 0.3) is 0 Å². The topological polar surface area (TPSA) is 9.23 Å². The zero-order valence-corrected chi connectivity index (χ0v) is 17.8. The summed E-state index contributed by atoms with van der Waals surface area (Å²) in [7, 11) is -1.90. The quantitative estimate of drug-likeness (QED) is 0.336. The molecule has 0 aliphatic heterocycles. The highest BCUT2D eigenvalue weighted by Gasteiger charge is 2.43. The van der Waals surface area contributed by atoms with Crippen molar-refractivity contribution in [1.29, 1.82) is 0 Å². The number of fused-ring (bicyclic) bond motifs is 2. The van der Waals surface area contributed by atoms with Crippen LogP contribution in [0.1, 0.15) is 30.5 Å². The minimum absolute atomic E-state index is 0.492. The number of benzene rings is 3. The van der Waals surface area contributed by atoms with Crippen molar-refractivity contribution in [1.82, 2.24) is 0 Å². The summed E-state index contributed by atoms with van der Waals surface area (Å²) in [5.74, 6) is 1.08. The number of ether oxygens (including phenoxy) is 1. The van der Waals surface area contributed by atoms with Crippen LogP contribution in [0.5, 0.6) is 5.75 Å². The SMILES string of the molecule is C=CCOc1c([Si](CC)(CC)C2C=Cc3ccccc32)ccc2ccccc12. The molecule has 0 radical (unpaired) electrons. The molecule has 0 bridgehead atoms. The lowest BCUT2D eigenvalue weighted by molar-refractivity contribution is 0.370. The number of hydrogen-bond donors (Lipinski definition) is 0. The first-order chi connectivity index (χ1) is 13.7. The van der Waals surface area contributed by atoms with Gasteiger partial charge < -0.3 is 4.74 Å². The highest BCUT2D eigenvalue weighted by molar-refractivity contribution is 6.94.